The Kier molecular flexibility index (Phi) is 6.29. The van der Waals surface area contributed by atoms with Crippen LogP contribution < -0.4 is 5.32 Å². The van der Waals surface area contributed by atoms with Crippen molar-refractivity contribution in [1.29, 1.82) is 0 Å². The minimum Gasteiger partial charge on any atom is -0.453 e. The molecule has 0 bridgehead atoms. The molecule has 28 heavy (non-hydrogen) atoms. The second kappa shape index (κ2) is 9.05. The fraction of sp³-hybridized carbons (Fsp3) is 0.143. The van der Waals surface area contributed by atoms with Gasteiger partial charge in [-0.2, -0.15) is 0 Å². The number of carbonyl (C=O) groups excluding carboxylic acids is 3. The number of rotatable bonds is 7. The molecule has 0 spiro atoms. The molecule has 0 unspecified atom stereocenters. The van der Waals surface area contributed by atoms with Crippen molar-refractivity contribution < 1.29 is 19.1 Å². The number of hydrogen-bond donors (Lipinski definition) is 1. The molecule has 0 aliphatic heterocycles. The maximum atomic E-state index is 12.2. The molecule has 3 aromatic rings. The van der Waals surface area contributed by atoms with Gasteiger partial charge >= 0.3 is 5.97 Å². The summed E-state index contributed by atoms with van der Waals surface area (Å²) in [5.41, 5.74) is 2.41. The molecule has 0 saturated heterocycles. The van der Waals surface area contributed by atoms with E-state index in [0.717, 1.165) is 11.1 Å². The zero-order valence-corrected chi connectivity index (χ0v) is 16.0. The lowest BCUT2D eigenvalue weighted by atomic mass is 10.1. The van der Waals surface area contributed by atoms with Gasteiger partial charge in [-0.1, -0.05) is 54.6 Å². The van der Waals surface area contributed by atoms with E-state index in [1.807, 2.05) is 30.3 Å². The highest BCUT2D eigenvalue weighted by Gasteiger charge is 2.15. The number of carbonyl (C=O) groups is 3. The van der Waals surface area contributed by atoms with E-state index < -0.39 is 5.97 Å². The third kappa shape index (κ3) is 5.11. The number of esters is 1. The molecule has 0 aliphatic rings. The molecule has 6 nitrogen and oxygen atoms in total. The van der Waals surface area contributed by atoms with E-state index in [9.17, 15) is 14.4 Å². The Labute approximate surface area is 166 Å². The van der Waals surface area contributed by atoms with Crippen molar-refractivity contribution in [2.75, 3.05) is 6.61 Å². The van der Waals surface area contributed by atoms with E-state index in [-0.39, 0.29) is 24.0 Å². The molecule has 1 N–H and O–H groups in total. The zero-order chi connectivity index (χ0) is 19.9. The number of benzene rings is 2. The number of nitrogens with one attached hydrogen (secondary N) is 1. The number of amides is 1. The third-order valence-electron chi connectivity index (χ3n) is 3.89. The monoisotopic (exact) mass is 394 g/mol. The summed E-state index contributed by atoms with van der Waals surface area (Å²) in [5, 5.41) is 5.02. The first kappa shape index (κ1) is 19.4. The van der Waals surface area contributed by atoms with Crippen LogP contribution in [0, 0.1) is 0 Å². The molecule has 0 aliphatic carbocycles. The van der Waals surface area contributed by atoms with Crippen LogP contribution in [0.2, 0.25) is 0 Å². The summed E-state index contributed by atoms with van der Waals surface area (Å²) >= 11 is 1.34. The molecule has 2 aromatic carbocycles. The van der Waals surface area contributed by atoms with Gasteiger partial charge in [0.2, 0.25) is 5.91 Å². The maximum Gasteiger partial charge on any atom is 0.358 e. The van der Waals surface area contributed by atoms with Crippen LogP contribution in [0.25, 0.3) is 10.6 Å². The normalized spacial score (nSPS) is 10.3. The van der Waals surface area contributed by atoms with Crippen molar-refractivity contribution in [3.63, 3.8) is 0 Å². The minimum atomic E-state index is -0.631. The lowest BCUT2D eigenvalue weighted by Crippen LogP contribution is -2.19. The van der Waals surface area contributed by atoms with Gasteiger partial charge in [0.15, 0.2) is 18.1 Å². The summed E-state index contributed by atoms with van der Waals surface area (Å²) in [6.45, 7) is 1.48. The van der Waals surface area contributed by atoms with Crippen molar-refractivity contribution in [3.8, 4) is 10.6 Å². The quantitative estimate of drug-likeness (QED) is 0.490. The number of nitrogens with zero attached hydrogens (tertiary/aromatic N) is 1. The molecule has 3 rings (SSSR count). The van der Waals surface area contributed by atoms with E-state index in [1.165, 1.54) is 18.3 Å². The Morgan fingerprint density at radius 1 is 1.04 bits per heavy atom. The molecule has 1 amide bonds. The molecular weight excluding hydrogens is 376 g/mol. The molecule has 0 atom stereocenters. The van der Waals surface area contributed by atoms with Crippen LogP contribution in [0.4, 0.5) is 0 Å². The summed E-state index contributed by atoms with van der Waals surface area (Å²) in [7, 11) is 0. The second-order valence-electron chi connectivity index (χ2n) is 6.01. The van der Waals surface area contributed by atoms with Gasteiger partial charge < -0.3 is 10.1 Å². The number of Topliss-reactive ketones (excluding diaryl/α,β-unsaturated/α-hetero) is 1. The molecule has 0 radical (unpaired) electrons. The number of aromatic nitrogens is 1. The highest BCUT2D eigenvalue weighted by Crippen LogP contribution is 2.23. The van der Waals surface area contributed by atoms with Gasteiger partial charge in [-0.15, -0.1) is 11.3 Å². The number of thiazole rings is 1. The second-order valence-corrected chi connectivity index (χ2v) is 6.87. The van der Waals surface area contributed by atoms with Crippen LogP contribution in [-0.4, -0.2) is 29.3 Å². The molecule has 0 fully saturated rings. The van der Waals surface area contributed by atoms with Gasteiger partial charge in [0, 0.05) is 30.0 Å². The predicted octanol–water partition coefficient (Wildman–Crippen LogP) is 3.49. The summed E-state index contributed by atoms with van der Waals surface area (Å²) in [5.74, 6) is -1.06. The van der Waals surface area contributed by atoms with Gasteiger partial charge in [-0.05, 0) is 5.56 Å². The van der Waals surface area contributed by atoms with Gasteiger partial charge in [-0.3, -0.25) is 9.59 Å². The standard InChI is InChI=1S/C21H18N2O4S/c1-14(24)22-11-15-7-9-16(10-8-15)19(25)12-27-21(26)18-13-28-20(23-18)17-5-3-2-4-6-17/h2-10,13H,11-12H2,1H3,(H,22,24). The largest absolute Gasteiger partial charge is 0.453 e. The van der Waals surface area contributed by atoms with Crippen molar-refractivity contribution >= 4 is 29.0 Å². The van der Waals surface area contributed by atoms with E-state index >= 15 is 0 Å². The molecular formula is C21H18N2O4S. The van der Waals surface area contributed by atoms with Gasteiger partial charge in [-0.25, -0.2) is 9.78 Å². The Hall–Kier alpha value is -3.32. The zero-order valence-electron chi connectivity index (χ0n) is 15.2. The molecule has 7 heteroatoms. The lowest BCUT2D eigenvalue weighted by Gasteiger charge is -2.05. The van der Waals surface area contributed by atoms with Crippen LogP contribution in [0.15, 0.2) is 60.0 Å². The maximum absolute atomic E-state index is 12.2. The fourth-order valence-corrected chi connectivity index (χ4v) is 3.20. The number of ketones is 1. The lowest BCUT2D eigenvalue weighted by molar-refractivity contribution is -0.119. The van der Waals surface area contributed by atoms with Crippen LogP contribution >= 0.6 is 11.3 Å². The van der Waals surface area contributed by atoms with Gasteiger partial charge in [0.25, 0.3) is 0 Å². The first-order valence-electron chi connectivity index (χ1n) is 8.57. The topological polar surface area (TPSA) is 85.4 Å². The molecule has 1 heterocycles. The highest BCUT2D eigenvalue weighted by molar-refractivity contribution is 7.13. The first-order valence-corrected chi connectivity index (χ1v) is 9.45. The van der Waals surface area contributed by atoms with E-state index in [4.69, 9.17) is 4.74 Å². The van der Waals surface area contributed by atoms with Crippen LogP contribution in [0.1, 0.15) is 33.3 Å². The summed E-state index contributed by atoms with van der Waals surface area (Å²) in [6.07, 6.45) is 0. The first-order chi connectivity index (χ1) is 13.5. The van der Waals surface area contributed by atoms with Crippen LogP contribution in [-0.2, 0) is 16.1 Å². The number of ether oxygens (including phenoxy) is 1. The Balaban J connectivity index is 1.55. The van der Waals surface area contributed by atoms with E-state index in [1.54, 1.807) is 29.6 Å². The molecule has 0 saturated carbocycles. The predicted molar refractivity (Wildman–Crippen MR) is 106 cm³/mol. The fourth-order valence-electron chi connectivity index (χ4n) is 2.40. The summed E-state index contributed by atoms with van der Waals surface area (Å²) in [4.78, 5) is 39.6. The SMILES string of the molecule is CC(=O)NCc1ccc(C(=O)COC(=O)c2csc(-c3ccccc3)n2)cc1. The van der Waals surface area contributed by atoms with Crippen LogP contribution in [0.3, 0.4) is 0 Å². The van der Waals surface area contributed by atoms with Crippen molar-refractivity contribution in [2.45, 2.75) is 13.5 Å². The Morgan fingerprint density at radius 2 is 1.75 bits per heavy atom. The van der Waals surface area contributed by atoms with Crippen LogP contribution in [0.5, 0.6) is 0 Å². The van der Waals surface area contributed by atoms with Gasteiger partial charge in [0.05, 0.1) is 0 Å². The summed E-state index contributed by atoms with van der Waals surface area (Å²) in [6, 6.07) is 16.3. The Morgan fingerprint density at radius 3 is 2.43 bits per heavy atom. The minimum absolute atomic E-state index is 0.121. The van der Waals surface area contributed by atoms with Crippen molar-refractivity contribution in [2.24, 2.45) is 0 Å². The van der Waals surface area contributed by atoms with Crippen molar-refractivity contribution in [3.05, 3.63) is 76.8 Å². The highest BCUT2D eigenvalue weighted by atomic mass is 32.1. The van der Waals surface area contributed by atoms with E-state index in [0.29, 0.717) is 17.1 Å². The Bertz CT molecular complexity index is 981. The third-order valence-corrected chi connectivity index (χ3v) is 4.78. The van der Waals surface area contributed by atoms with Crippen molar-refractivity contribution in [1.82, 2.24) is 10.3 Å². The van der Waals surface area contributed by atoms with E-state index in [2.05, 4.69) is 10.3 Å². The summed E-state index contributed by atoms with van der Waals surface area (Å²) < 4.78 is 5.10. The smallest absolute Gasteiger partial charge is 0.358 e. The number of hydrogen-bond acceptors (Lipinski definition) is 6. The molecule has 1 aromatic heterocycles. The average molecular weight is 394 g/mol. The molecule has 142 valence electrons. The van der Waals surface area contributed by atoms with Gasteiger partial charge in [0.1, 0.15) is 5.01 Å². The average Bonchev–Trinajstić information content (AvgIpc) is 3.21.